The van der Waals surface area contributed by atoms with Crippen LogP contribution >= 0.6 is 0 Å². The summed E-state index contributed by atoms with van der Waals surface area (Å²) >= 11 is 0. The Labute approximate surface area is 94.7 Å². The van der Waals surface area contributed by atoms with Crippen LogP contribution in [0.15, 0.2) is 11.4 Å². The zero-order valence-electron chi connectivity index (χ0n) is 10.9. The lowest BCUT2D eigenvalue weighted by atomic mass is 10.1. The number of hydrogen-bond acceptors (Lipinski definition) is 3. The Morgan fingerprint density at radius 1 is 1.27 bits per heavy atom. The molecule has 0 atom stereocenters. The van der Waals surface area contributed by atoms with Gasteiger partial charge in [0.1, 0.15) is 0 Å². The van der Waals surface area contributed by atoms with Crippen LogP contribution in [0.4, 0.5) is 0 Å². The summed E-state index contributed by atoms with van der Waals surface area (Å²) in [7, 11) is 2.18. The fourth-order valence-electron chi connectivity index (χ4n) is 1.64. The van der Waals surface area contributed by atoms with Gasteiger partial charge in [0.05, 0.1) is 5.82 Å². The Balaban J connectivity index is 3.81. The number of allylic oxidation sites excluding steroid dienone is 1. The molecule has 0 bridgehead atoms. The van der Waals surface area contributed by atoms with E-state index in [0.717, 1.165) is 24.5 Å². The van der Waals surface area contributed by atoms with E-state index in [4.69, 9.17) is 5.73 Å². The third kappa shape index (κ3) is 5.67. The van der Waals surface area contributed by atoms with Crippen molar-refractivity contribution in [1.29, 1.82) is 0 Å². The van der Waals surface area contributed by atoms with Gasteiger partial charge in [0.2, 0.25) is 0 Å². The molecule has 0 saturated heterocycles. The van der Waals surface area contributed by atoms with Gasteiger partial charge in [-0.2, -0.15) is 0 Å². The van der Waals surface area contributed by atoms with Crippen molar-refractivity contribution < 1.29 is 0 Å². The molecule has 0 aromatic rings. The first-order valence-electron chi connectivity index (χ1n) is 5.89. The fraction of sp³-hybridized carbons (Fsp3) is 0.833. The highest BCUT2D eigenvalue weighted by atomic mass is 15.1. The molecule has 90 valence electrons. The van der Waals surface area contributed by atoms with Crippen molar-refractivity contribution in [1.82, 2.24) is 10.2 Å². The average molecular weight is 213 g/mol. The lowest BCUT2D eigenvalue weighted by Gasteiger charge is -2.26. The van der Waals surface area contributed by atoms with E-state index < -0.39 is 0 Å². The Morgan fingerprint density at radius 3 is 2.20 bits per heavy atom. The van der Waals surface area contributed by atoms with E-state index in [1.165, 1.54) is 12.8 Å². The summed E-state index contributed by atoms with van der Waals surface area (Å²) in [6, 6.07) is 0.694. The molecule has 0 aliphatic rings. The molecule has 0 amide bonds. The second-order valence-corrected chi connectivity index (χ2v) is 4.29. The van der Waals surface area contributed by atoms with E-state index in [-0.39, 0.29) is 0 Å². The van der Waals surface area contributed by atoms with E-state index in [1.54, 1.807) is 0 Å². The molecular formula is C12H27N3. The van der Waals surface area contributed by atoms with Crippen LogP contribution in [0.5, 0.6) is 0 Å². The molecule has 15 heavy (non-hydrogen) atoms. The van der Waals surface area contributed by atoms with E-state index in [1.807, 2.05) is 13.8 Å². The standard InChI is InChI=1S/C12H27N3/c1-6-11(7-2)15(5)9-8-14-12(13)10(3)4/h11,14H,6-9,13H2,1-5H3. The zero-order valence-corrected chi connectivity index (χ0v) is 10.9. The van der Waals surface area contributed by atoms with E-state index in [9.17, 15) is 0 Å². The summed E-state index contributed by atoms with van der Waals surface area (Å²) in [4.78, 5) is 2.39. The van der Waals surface area contributed by atoms with Gasteiger partial charge in [0, 0.05) is 19.1 Å². The Morgan fingerprint density at radius 2 is 1.80 bits per heavy atom. The van der Waals surface area contributed by atoms with Crippen LogP contribution in [0.2, 0.25) is 0 Å². The largest absolute Gasteiger partial charge is 0.386 e. The van der Waals surface area contributed by atoms with Crippen molar-refractivity contribution in [2.45, 2.75) is 46.6 Å². The SMILES string of the molecule is CCC(CC)N(C)CCNC(N)=C(C)C. The van der Waals surface area contributed by atoms with E-state index in [2.05, 4.69) is 31.1 Å². The van der Waals surface area contributed by atoms with Crippen molar-refractivity contribution in [2.24, 2.45) is 5.73 Å². The van der Waals surface area contributed by atoms with E-state index in [0.29, 0.717) is 6.04 Å². The third-order valence-corrected chi connectivity index (χ3v) is 2.88. The third-order valence-electron chi connectivity index (χ3n) is 2.88. The van der Waals surface area contributed by atoms with Crippen molar-refractivity contribution in [3.05, 3.63) is 11.4 Å². The molecule has 0 saturated carbocycles. The van der Waals surface area contributed by atoms with Crippen molar-refractivity contribution >= 4 is 0 Å². The first-order valence-corrected chi connectivity index (χ1v) is 5.89. The summed E-state index contributed by atoms with van der Waals surface area (Å²) in [5, 5.41) is 3.23. The number of rotatable bonds is 7. The fourth-order valence-corrected chi connectivity index (χ4v) is 1.64. The highest BCUT2D eigenvalue weighted by molar-refractivity contribution is 5.02. The molecule has 0 aliphatic heterocycles. The van der Waals surface area contributed by atoms with E-state index >= 15 is 0 Å². The van der Waals surface area contributed by atoms with Crippen molar-refractivity contribution in [3.8, 4) is 0 Å². The molecule has 0 unspecified atom stereocenters. The first kappa shape index (κ1) is 14.3. The molecule has 0 rings (SSSR count). The number of likely N-dealkylation sites (N-methyl/N-ethyl adjacent to an activating group) is 1. The van der Waals surface area contributed by atoms with Gasteiger partial charge in [0.25, 0.3) is 0 Å². The highest BCUT2D eigenvalue weighted by Gasteiger charge is 2.09. The van der Waals surface area contributed by atoms with Gasteiger partial charge in [-0.3, -0.25) is 0 Å². The monoisotopic (exact) mass is 213 g/mol. The normalized spacial score (nSPS) is 10.9. The molecule has 0 spiro atoms. The van der Waals surface area contributed by atoms with Crippen LogP contribution < -0.4 is 11.1 Å². The molecule has 0 aromatic carbocycles. The molecule has 0 radical (unpaired) electrons. The molecule has 0 fully saturated rings. The average Bonchev–Trinajstić information content (AvgIpc) is 2.19. The van der Waals surface area contributed by atoms with Gasteiger partial charge in [-0.25, -0.2) is 0 Å². The van der Waals surface area contributed by atoms with Gasteiger partial charge in [-0.15, -0.1) is 0 Å². The van der Waals surface area contributed by atoms with Gasteiger partial charge in [-0.05, 0) is 39.3 Å². The van der Waals surface area contributed by atoms with Crippen LogP contribution in [0.3, 0.4) is 0 Å². The molecular weight excluding hydrogens is 186 g/mol. The topological polar surface area (TPSA) is 41.3 Å². The Kier molecular flexibility index (Phi) is 7.22. The number of nitrogens with zero attached hydrogens (tertiary/aromatic N) is 1. The molecule has 3 N–H and O–H groups in total. The van der Waals surface area contributed by atoms with Gasteiger partial charge in [-0.1, -0.05) is 13.8 Å². The minimum atomic E-state index is 0.694. The molecule has 0 heterocycles. The molecule has 0 aromatic heterocycles. The minimum Gasteiger partial charge on any atom is -0.386 e. The molecule has 3 heteroatoms. The van der Waals surface area contributed by atoms with Gasteiger partial charge in [0.15, 0.2) is 0 Å². The summed E-state index contributed by atoms with van der Waals surface area (Å²) in [6.07, 6.45) is 2.43. The molecule has 3 nitrogen and oxygen atoms in total. The summed E-state index contributed by atoms with van der Waals surface area (Å²) in [6.45, 7) is 10.5. The van der Waals surface area contributed by atoms with Crippen LogP contribution in [0, 0.1) is 0 Å². The van der Waals surface area contributed by atoms with Crippen LogP contribution in [0.1, 0.15) is 40.5 Å². The quantitative estimate of drug-likeness (QED) is 0.679. The van der Waals surface area contributed by atoms with Crippen LogP contribution in [0.25, 0.3) is 0 Å². The minimum absolute atomic E-state index is 0.694. The Bertz CT molecular complexity index is 191. The summed E-state index contributed by atoms with van der Waals surface area (Å²) in [5.41, 5.74) is 6.95. The van der Waals surface area contributed by atoms with Crippen LogP contribution in [-0.2, 0) is 0 Å². The van der Waals surface area contributed by atoms with Gasteiger partial charge >= 0.3 is 0 Å². The lowest BCUT2D eigenvalue weighted by molar-refractivity contribution is 0.232. The lowest BCUT2D eigenvalue weighted by Crippen LogP contribution is -2.37. The van der Waals surface area contributed by atoms with Crippen molar-refractivity contribution in [3.63, 3.8) is 0 Å². The maximum absolute atomic E-state index is 5.79. The maximum atomic E-state index is 5.79. The highest BCUT2D eigenvalue weighted by Crippen LogP contribution is 2.04. The van der Waals surface area contributed by atoms with Crippen LogP contribution in [-0.4, -0.2) is 31.1 Å². The predicted molar refractivity (Wildman–Crippen MR) is 67.6 cm³/mol. The molecule has 0 aliphatic carbocycles. The summed E-state index contributed by atoms with van der Waals surface area (Å²) < 4.78 is 0. The van der Waals surface area contributed by atoms with Crippen molar-refractivity contribution in [2.75, 3.05) is 20.1 Å². The smallest absolute Gasteiger partial charge is 0.0946 e. The maximum Gasteiger partial charge on any atom is 0.0946 e. The Hall–Kier alpha value is -0.700. The second kappa shape index (κ2) is 7.57. The number of hydrogen-bond donors (Lipinski definition) is 2. The summed E-state index contributed by atoms with van der Waals surface area (Å²) in [5.74, 6) is 0.813. The first-order chi connectivity index (χ1) is 7.02. The zero-order chi connectivity index (χ0) is 11.8. The number of nitrogens with one attached hydrogen (secondary N) is 1. The van der Waals surface area contributed by atoms with Gasteiger partial charge < -0.3 is 16.0 Å². The second-order valence-electron chi connectivity index (χ2n) is 4.29. The predicted octanol–water partition coefficient (Wildman–Crippen LogP) is 1.91. The number of nitrogens with two attached hydrogens (primary N) is 1.